The molecule has 0 spiro atoms. The van der Waals surface area contributed by atoms with Crippen LogP contribution in [0.25, 0.3) is 0 Å². The van der Waals surface area contributed by atoms with Crippen LogP contribution in [0.4, 0.5) is 5.69 Å². The van der Waals surface area contributed by atoms with E-state index in [-0.39, 0.29) is 0 Å². The van der Waals surface area contributed by atoms with Gasteiger partial charge in [-0.15, -0.1) is 0 Å². The van der Waals surface area contributed by atoms with Crippen molar-refractivity contribution in [2.45, 2.75) is 82.5 Å². The van der Waals surface area contributed by atoms with E-state index in [0.717, 1.165) is 35.3 Å². The Morgan fingerprint density at radius 1 is 1.08 bits per heavy atom. The number of aryl methyl sites for hydroxylation is 1. The second-order valence-corrected chi connectivity index (χ2v) is 8.10. The van der Waals surface area contributed by atoms with E-state index in [2.05, 4.69) is 46.7 Å². The highest BCUT2D eigenvalue weighted by Crippen LogP contribution is 2.41. The van der Waals surface area contributed by atoms with Gasteiger partial charge in [0.25, 0.3) is 0 Å². The lowest BCUT2D eigenvalue weighted by molar-refractivity contribution is 0.0209. The summed E-state index contributed by atoms with van der Waals surface area (Å²) in [5.74, 6) is 0. The highest BCUT2D eigenvalue weighted by atomic mass is 32.1. The zero-order valence-corrected chi connectivity index (χ0v) is 15.4. The molecule has 3 nitrogen and oxygen atoms in total. The van der Waals surface area contributed by atoms with Crippen LogP contribution in [0.1, 0.15) is 57.4 Å². The Bertz CT molecular complexity index is 584. The minimum absolute atomic E-state index is 0.532. The van der Waals surface area contributed by atoms with Gasteiger partial charge in [0.15, 0.2) is 5.11 Å². The molecule has 2 N–H and O–H groups in total. The maximum absolute atomic E-state index is 5.61. The van der Waals surface area contributed by atoms with Crippen LogP contribution in [0, 0.1) is 0 Å². The first-order valence-electron chi connectivity index (χ1n) is 9.67. The maximum Gasteiger partial charge on any atom is 0.171 e. The molecule has 0 amide bonds. The van der Waals surface area contributed by atoms with Gasteiger partial charge in [0.05, 0.1) is 0 Å². The summed E-state index contributed by atoms with van der Waals surface area (Å²) in [6, 6.07) is 11.5. The Morgan fingerprint density at radius 2 is 1.79 bits per heavy atom. The first-order chi connectivity index (χ1) is 11.7. The van der Waals surface area contributed by atoms with Gasteiger partial charge in [-0.3, -0.25) is 4.90 Å². The third kappa shape index (κ3) is 3.45. The number of fused-ring (bicyclic) bond motifs is 2. The molecule has 1 aromatic carbocycles. The molecule has 4 heteroatoms. The Balaban J connectivity index is 1.36. The number of hydrogen-bond acceptors (Lipinski definition) is 2. The molecule has 130 valence electrons. The van der Waals surface area contributed by atoms with Crippen molar-refractivity contribution < 1.29 is 0 Å². The summed E-state index contributed by atoms with van der Waals surface area (Å²) in [6.45, 7) is 2.19. The summed E-state index contributed by atoms with van der Waals surface area (Å²) in [5.41, 5.74) is 2.47. The van der Waals surface area contributed by atoms with Crippen LogP contribution in [-0.4, -0.2) is 34.2 Å². The second kappa shape index (κ2) is 7.01. The molecular formula is C20H29N3S. The van der Waals surface area contributed by atoms with Crippen molar-refractivity contribution in [3.63, 3.8) is 0 Å². The minimum atomic E-state index is 0.532. The fraction of sp³-hybridized carbons (Fsp3) is 0.650. The normalized spacial score (nSPS) is 30.0. The minimum Gasteiger partial charge on any atom is -0.360 e. The predicted molar refractivity (Wildman–Crippen MR) is 104 cm³/mol. The average Bonchev–Trinajstić information content (AvgIpc) is 3.39. The SMILES string of the molecule is CCc1ccccc1NC(=S)NC1C[C@@H]2CCC[C@@H](C1)N2C1CC1. The van der Waals surface area contributed by atoms with Gasteiger partial charge in [-0.2, -0.15) is 0 Å². The Hall–Kier alpha value is -1.13. The standard InChI is InChI=1S/C20H29N3S/c1-2-14-6-3-4-9-19(14)22-20(24)21-15-12-17-7-5-8-18(13-15)23(17)16-10-11-16/h3-4,6,9,15-18H,2,5,7-8,10-13H2,1H3,(H2,21,22,24)/t17-,18-/m0/s1. The monoisotopic (exact) mass is 343 g/mol. The van der Waals surface area contributed by atoms with Gasteiger partial charge >= 0.3 is 0 Å². The lowest BCUT2D eigenvalue weighted by Gasteiger charge is -2.49. The first-order valence-corrected chi connectivity index (χ1v) is 10.1. The molecule has 2 aliphatic heterocycles. The summed E-state index contributed by atoms with van der Waals surface area (Å²) in [6.07, 6.45) is 10.6. The molecule has 0 aromatic heterocycles. The number of nitrogens with one attached hydrogen (secondary N) is 2. The van der Waals surface area contributed by atoms with Crippen LogP contribution in [0.5, 0.6) is 0 Å². The molecule has 2 heterocycles. The molecule has 0 unspecified atom stereocenters. The Labute approximate surface area is 151 Å². The van der Waals surface area contributed by atoms with E-state index in [1.54, 1.807) is 0 Å². The molecule has 1 aliphatic carbocycles. The number of para-hydroxylation sites is 1. The fourth-order valence-corrected chi connectivity index (χ4v) is 5.08. The topological polar surface area (TPSA) is 27.3 Å². The molecular weight excluding hydrogens is 314 g/mol. The average molecular weight is 344 g/mol. The molecule has 0 radical (unpaired) electrons. The zero-order valence-electron chi connectivity index (χ0n) is 14.6. The van der Waals surface area contributed by atoms with Crippen molar-refractivity contribution in [2.75, 3.05) is 5.32 Å². The lowest BCUT2D eigenvalue weighted by atomic mass is 9.81. The van der Waals surface area contributed by atoms with Gasteiger partial charge in [-0.25, -0.2) is 0 Å². The summed E-state index contributed by atoms with van der Waals surface area (Å²) in [7, 11) is 0. The van der Waals surface area contributed by atoms with E-state index in [9.17, 15) is 0 Å². The van der Waals surface area contributed by atoms with Crippen molar-refractivity contribution in [3.05, 3.63) is 29.8 Å². The molecule has 24 heavy (non-hydrogen) atoms. The summed E-state index contributed by atoms with van der Waals surface area (Å²) >= 11 is 5.61. The van der Waals surface area contributed by atoms with E-state index < -0.39 is 0 Å². The lowest BCUT2D eigenvalue weighted by Crippen LogP contribution is -2.58. The van der Waals surface area contributed by atoms with E-state index in [1.165, 1.54) is 50.5 Å². The van der Waals surface area contributed by atoms with Crippen LogP contribution >= 0.6 is 12.2 Å². The fourth-order valence-electron chi connectivity index (χ4n) is 4.80. The van der Waals surface area contributed by atoms with Crippen molar-refractivity contribution >= 4 is 23.0 Å². The van der Waals surface area contributed by atoms with Crippen LogP contribution in [-0.2, 0) is 6.42 Å². The first kappa shape index (κ1) is 16.3. The molecule has 1 saturated carbocycles. The zero-order chi connectivity index (χ0) is 16.5. The predicted octanol–water partition coefficient (Wildman–Crippen LogP) is 4.08. The molecule has 3 fully saturated rings. The summed E-state index contributed by atoms with van der Waals surface area (Å²) < 4.78 is 0. The van der Waals surface area contributed by atoms with E-state index >= 15 is 0 Å². The number of piperidine rings is 2. The largest absolute Gasteiger partial charge is 0.360 e. The Kier molecular flexibility index (Phi) is 4.77. The van der Waals surface area contributed by atoms with Crippen molar-refractivity contribution in [2.24, 2.45) is 0 Å². The van der Waals surface area contributed by atoms with Gasteiger partial charge < -0.3 is 10.6 Å². The van der Waals surface area contributed by atoms with Gasteiger partial charge in [0.2, 0.25) is 0 Å². The van der Waals surface area contributed by atoms with Gasteiger partial charge in [0, 0.05) is 29.9 Å². The molecule has 4 rings (SSSR count). The van der Waals surface area contributed by atoms with Crippen molar-refractivity contribution in [1.82, 2.24) is 10.2 Å². The number of thiocarbonyl (C=S) groups is 1. The third-order valence-electron chi connectivity index (χ3n) is 5.98. The van der Waals surface area contributed by atoms with Crippen LogP contribution < -0.4 is 10.6 Å². The van der Waals surface area contributed by atoms with E-state index in [0.29, 0.717) is 6.04 Å². The summed E-state index contributed by atoms with van der Waals surface area (Å²) in [5, 5.41) is 7.84. The summed E-state index contributed by atoms with van der Waals surface area (Å²) in [4.78, 5) is 2.87. The number of rotatable bonds is 4. The third-order valence-corrected chi connectivity index (χ3v) is 6.20. The van der Waals surface area contributed by atoms with Crippen LogP contribution in [0.15, 0.2) is 24.3 Å². The Morgan fingerprint density at radius 3 is 2.46 bits per heavy atom. The highest BCUT2D eigenvalue weighted by Gasteiger charge is 2.44. The van der Waals surface area contributed by atoms with E-state index in [4.69, 9.17) is 12.2 Å². The second-order valence-electron chi connectivity index (χ2n) is 7.69. The maximum atomic E-state index is 5.61. The van der Waals surface area contributed by atoms with Crippen LogP contribution in [0.2, 0.25) is 0 Å². The molecule has 1 aromatic rings. The van der Waals surface area contributed by atoms with Crippen molar-refractivity contribution in [3.8, 4) is 0 Å². The number of hydrogen-bond donors (Lipinski definition) is 2. The highest BCUT2D eigenvalue weighted by molar-refractivity contribution is 7.80. The number of benzene rings is 1. The quantitative estimate of drug-likeness (QED) is 0.806. The van der Waals surface area contributed by atoms with Gasteiger partial charge in [-0.05, 0) is 68.8 Å². The molecule has 2 saturated heterocycles. The molecule has 2 atom stereocenters. The number of nitrogens with zero attached hydrogens (tertiary/aromatic N) is 1. The molecule has 2 bridgehead atoms. The number of anilines is 1. The van der Waals surface area contributed by atoms with Crippen molar-refractivity contribution in [1.29, 1.82) is 0 Å². The van der Waals surface area contributed by atoms with Gasteiger partial charge in [-0.1, -0.05) is 31.5 Å². The smallest absolute Gasteiger partial charge is 0.171 e. The van der Waals surface area contributed by atoms with Crippen LogP contribution in [0.3, 0.4) is 0 Å². The van der Waals surface area contributed by atoms with E-state index in [1.807, 2.05) is 0 Å². The van der Waals surface area contributed by atoms with Gasteiger partial charge in [0.1, 0.15) is 0 Å². The molecule has 3 aliphatic rings.